The van der Waals surface area contributed by atoms with Crippen LogP contribution >= 0.6 is 23.1 Å². The molecule has 1 aliphatic heterocycles. The van der Waals surface area contributed by atoms with Crippen LogP contribution in [-0.2, 0) is 14.8 Å². The van der Waals surface area contributed by atoms with Crippen LogP contribution in [0.2, 0.25) is 0 Å². The van der Waals surface area contributed by atoms with Gasteiger partial charge in [-0.05, 0) is 30.7 Å². The molecule has 1 aromatic carbocycles. The predicted octanol–water partition coefficient (Wildman–Crippen LogP) is 2.97. The van der Waals surface area contributed by atoms with Gasteiger partial charge in [-0.2, -0.15) is 0 Å². The molecule has 0 unspecified atom stereocenters. The highest BCUT2D eigenvalue weighted by atomic mass is 32.2. The van der Waals surface area contributed by atoms with Gasteiger partial charge in [-0.15, -0.1) is 10.2 Å². The first-order valence-corrected chi connectivity index (χ1v) is 11.0. The topological polar surface area (TPSA) is 92.3 Å². The van der Waals surface area contributed by atoms with Crippen molar-refractivity contribution in [1.29, 1.82) is 0 Å². The van der Waals surface area contributed by atoms with Gasteiger partial charge in [0.05, 0.1) is 4.90 Å². The van der Waals surface area contributed by atoms with Gasteiger partial charge < -0.3 is 4.90 Å². The van der Waals surface area contributed by atoms with Crippen LogP contribution in [0.3, 0.4) is 0 Å². The van der Waals surface area contributed by atoms with Gasteiger partial charge in [-0.3, -0.25) is 9.52 Å². The molecule has 1 aliphatic rings. The maximum absolute atomic E-state index is 12.5. The minimum atomic E-state index is -3.74. The number of carbonyl (C=O) groups is 1. The second kappa shape index (κ2) is 7.30. The van der Waals surface area contributed by atoms with Crippen molar-refractivity contribution < 1.29 is 13.2 Å². The quantitative estimate of drug-likeness (QED) is 0.752. The van der Waals surface area contributed by atoms with Crippen molar-refractivity contribution in [2.24, 2.45) is 0 Å². The molecule has 25 heavy (non-hydrogen) atoms. The normalized spacial score (nSPS) is 15.2. The fraction of sp³-hybridized carbons (Fsp3) is 0.400. The minimum Gasteiger partial charge on any atom is -0.312 e. The van der Waals surface area contributed by atoms with Gasteiger partial charge in [0.25, 0.3) is 10.0 Å². The van der Waals surface area contributed by atoms with E-state index in [1.807, 2.05) is 13.8 Å². The average molecular weight is 399 g/mol. The van der Waals surface area contributed by atoms with Gasteiger partial charge in [0.1, 0.15) is 0 Å². The first kappa shape index (κ1) is 18.2. The number of thioether (sulfide) groups is 1. The molecule has 10 heteroatoms. The Morgan fingerprint density at radius 2 is 1.96 bits per heavy atom. The SMILES string of the molecule is CC(C)Sc1nnc(NS(=O)(=O)c2ccc(N3CCCC3=O)cc2)s1. The van der Waals surface area contributed by atoms with Crippen molar-refractivity contribution >= 4 is 49.8 Å². The third-order valence-electron chi connectivity index (χ3n) is 3.50. The number of hydrogen-bond acceptors (Lipinski definition) is 7. The van der Waals surface area contributed by atoms with Gasteiger partial charge in [-0.1, -0.05) is 36.9 Å². The molecular weight excluding hydrogens is 380 g/mol. The van der Waals surface area contributed by atoms with Crippen molar-refractivity contribution in [1.82, 2.24) is 10.2 Å². The number of aromatic nitrogens is 2. The van der Waals surface area contributed by atoms with Crippen molar-refractivity contribution in [3.63, 3.8) is 0 Å². The predicted molar refractivity (Wildman–Crippen MR) is 99.7 cm³/mol. The number of carbonyl (C=O) groups excluding carboxylic acids is 1. The molecule has 0 aliphatic carbocycles. The van der Waals surface area contributed by atoms with Crippen LogP contribution in [0, 0.1) is 0 Å². The second-order valence-electron chi connectivity index (χ2n) is 5.79. The van der Waals surface area contributed by atoms with Crippen LogP contribution in [0.15, 0.2) is 33.5 Å². The minimum absolute atomic E-state index is 0.0674. The van der Waals surface area contributed by atoms with E-state index in [1.165, 1.54) is 35.2 Å². The lowest BCUT2D eigenvalue weighted by Crippen LogP contribution is -2.23. The molecule has 0 spiro atoms. The van der Waals surface area contributed by atoms with Crippen LogP contribution in [0.25, 0.3) is 0 Å². The van der Waals surface area contributed by atoms with E-state index in [-0.39, 0.29) is 15.9 Å². The lowest BCUT2D eigenvalue weighted by molar-refractivity contribution is -0.117. The molecule has 0 atom stereocenters. The third kappa shape index (κ3) is 4.31. The Labute approximate surface area is 154 Å². The van der Waals surface area contributed by atoms with E-state index in [9.17, 15) is 13.2 Å². The summed E-state index contributed by atoms with van der Waals surface area (Å²) in [6.45, 7) is 4.73. The van der Waals surface area contributed by atoms with Crippen LogP contribution in [-0.4, -0.2) is 36.3 Å². The summed E-state index contributed by atoms with van der Waals surface area (Å²) in [7, 11) is -3.74. The van der Waals surface area contributed by atoms with Crippen molar-refractivity contribution in [3.8, 4) is 0 Å². The van der Waals surface area contributed by atoms with E-state index in [2.05, 4.69) is 14.9 Å². The zero-order valence-electron chi connectivity index (χ0n) is 13.8. The fourth-order valence-corrected chi connectivity index (χ4v) is 5.61. The third-order valence-corrected chi connectivity index (χ3v) is 6.91. The first-order valence-electron chi connectivity index (χ1n) is 7.78. The number of amides is 1. The highest BCUT2D eigenvalue weighted by molar-refractivity contribution is 8.01. The molecule has 1 aromatic heterocycles. The highest BCUT2D eigenvalue weighted by Gasteiger charge is 2.23. The summed E-state index contributed by atoms with van der Waals surface area (Å²) in [6, 6.07) is 6.29. The van der Waals surface area contributed by atoms with E-state index in [0.29, 0.717) is 23.9 Å². The molecule has 1 amide bonds. The summed E-state index contributed by atoms with van der Waals surface area (Å²) in [5, 5.41) is 8.43. The van der Waals surface area contributed by atoms with E-state index >= 15 is 0 Å². The molecule has 0 radical (unpaired) electrons. The van der Waals surface area contributed by atoms with Crippen LogP contribution in [0.5, 0.6) is 0 Å². The molecule has 0 bridgehead atoms. The molecule has 1 saturated heterocycles. The van der Waals surface area contributed by atoms with Gasteiger partial charge >= 0.3 is 0 Å². The van der Waals surface area contributed by atoms with E-state index in [4.69, 9.17) is 0 Å². The van der Waals surface area contributed by atoms with Gasteiger partial charge in [0.2, 0.25) is 11.0 Å². The number of nitrogens with zero attached hydrogens (tertiary/aromatic N) is 3. The van der Waals surface area contributed by atoms with E-state index in [0.717, 1.165) is 10.8 Å². The molecule has 7 nitrogen and oxygen atoms in total. The average Bonchev–Trinajstić information content (AvgIpc) is 3.15. The molecule has 2 heterocycles. The summed E-state index contributed by atoms with van der Waals surface area (Å²) in [5.74, 6) is 0.0674. The summed E-state index contributed by atoms with van der Waals surface area (Å²) in [4.78, 5) is 13.5. The van der Waals surface area contributed by atoms with Gasteiger partial charge in [-0.25, -0.2) is 8.42 Å². The van der Waals surface area contributed by atoms with Crippen molar-refractivity contribution in [3.05, 3.63) is 24.3 Å². The Kier molecular flexibility index (Phi) is 5.30. The second-order valence-corrected chi connectivity index (χ2v) is 10.3. The Morgan fingerprint density at radius 1 is 1.24 bits per heavy atom. The highest BCUT2D eigenvalue weighted by Crippen LogP contribution is 2.30. The number of benzene rings is 1. The van der Waals surface area contributed by atoms with Crippen LogP contribution in [0.1, 0.15) is 26.7 Å². The zero-order valence-corrected chi connectivity index (χ0v) is 16.2. The van der Waals surface area contributed by atoms with E-state index < -0.39 is 10.0 Å². The fourth-order valence-electron chi connectivity index (χ4n) is 2.40. The Morgan fingerprint density at radius 3 is 2.56 bits per heavy atom. The number of anilines is 2. The first-order chi connectivity index (χ1) is 11.8. The standard InChI is InChI=1S/C15H18N4O3S3/c1-10(2)23-15-17-16-14(24-15)18-25(21,22)12-7-5-11(6-8-12)19-9-3-4-13(19)20/h5-8,10H,3-4,9H2,1-2H3,(H,16,18). The maximum Gasteiger partial charge on any atom is 0.263 e. The van der Waals surface area contributed by atoms with Crippen LogP contribution in [0.4, 0.5) is 10.8 Å². The largest absolute Gasteiger partial charge is 0.312 e. The monoisotopic (exact) mass is 398 g/mol. The van der Waals surface area contributed by atoms with Gasteiger partial charge in [0, 0.05) is 23.9 Å². The number of nitrogens with one attached hydrogen (secondary N) is 1. The maximum atomic E-state index is 12.5. The molecule has 3 rings (SSSR count). The summed E-state index contributed by atoms with van der Waals surface area (Å²) < 4.78 is 28.1. The smallest absolute Gasteiger partial charge is 0.263 e. The number of rotatable bonds is 6. The molecule has 2 aromatic rings. The Bertz CT molecular complexity index is 862. The van der Waals surface area contributed by atoms with E-state index in [1.54, 1.807) is 17.0 Å². The number of sulfonamides is 1. The Hall–Kier alpha value is -1.65. The molecule has 1 N–H and O–H groups in total. The summed E-state index contributed by atoms with van der Waals surface area (Å²) in [5.41, 5.74) is 0.716. The zero-order chi connectivity index (χ0) is 18.0. The van der Waals surface area contributed by atoms with Gasteiger partial charge in [0.15, 0.2) is 4.34 Å². The number of hydrogen-bond donors (Lipinski definition) is 1. The summed E-state index contributed by atoms with van der Waals surface area (Å²) in [6.07, 6.45) is 1.36. The lowest BCUT2D eigenvalue weighted by Gasteiger charge is -2.15. The van der Waals surface area contributed by atoms with Crippen molar-refractivity contribution in [2.75, 3.05) is 16.2 Å². The van der Waals surface area contributed by atoms with Crippen molar-refractivity contribution in [2.45, 2.75) is 41.2 Å². The molecule has 134 valence electrons. The summed E-state index contributed by atoms with van der Waals surface area (Å²) >= 11 is 2.73. The lowest BCUT2D eigenvalue weighted by atomic mass is 10.3. The molecule has 0 saturated carbocycles. The molecular formula is C15H18N4O3S3. The molecule has 1 fully saturated rings. The Balaban J connectivity index is 1.73. The van der Waals surface area contributed by atoms with Crippen LogP contribution < -0.4 is 9.62 Å².